The second-order valence-electron chi connectivity index (χ2n) is 7.35. The molecule has 2 rings (SSSR count). The molecule has 2 saturated carbocycles. The number of ether oxygens (including phenoxy) is 1. The first kappa shape index (κ1) is 18.3. The number of hydrogen-bond acceptors (Lipinski definition) is 1. The molecule has 0 unspecified atom stereocenters. The van der Waals surface area contributed by atoms with Gasteiger partial charge >= 0.3 is 0 Å². The van der Waals surface area contributed by atoms with Crippen LogP contribution in [-0.4, -0.2) is 13.2 Å². The number of methoxy groups -OCH3 is 1. The summed E-state index contributed by atoms with van der Waals surface area (Å²) in [6, 6.07) is 0. The summed E-state index contributed by atoms with van der Waals surface area (Å²) in [5.74, 6) is 8.83. The smallest absolute Gasteiger partial charge is 0.0571 e. The molecule has 1 nitrogen and oxygen atoms in total. The van der Waals surface area contributed by atoms with Crippen molar-refractivity contribution in [1.82, 2.24) is 0 Å². The maximum absolute atomic E-state index is 5.41. The number of rotatable bonds is 5. The highest BCUT2D eigenvalue weighted by molar-refractivity contribution is 5.24. The van der Waals surface area contributed by atoms with E-state index in [1.54, 1.807) is 0 Å². The monoisotopic (exact) mass is 314 g/mol. The van der Waals surface area contributed by atoms with Gasteiger partial charge in [-0.1, -0.05) is 43.8 Å². The lowest BCUT2D eigenvalue weighted by Gasteiger charge is -2.26. The zero-order valence-electron chi connectivity index (χ0n) is 15.1. The van der Waals surface area contributed by atoms with Crippen LogP contribution in [0.3, 0.4) is 0 Å². The van der Waals surface area contributed by atoms with Gasteiger partial charge in [-0.15, -0.1) is 0 Å². The Hall–Kier alpha value is -1.00. The highest BCUT2D eigenvalue weighted by Crippen LogP contribution is 2.32. The molecule has 0 heterocycles. The second-order valence-corrected chi connectivity index (χ2v) is 7.35. The van der Waals surface area contributed by atoms with Crippen LogP contribution < -0.4 is 0 Å². The van der Waals surface area contributed by atoms with E-state index < -0.39 is 0 Å². The van der Waals surface area contributed by atoms with Gasteiger partial charge in [-0.25, -0.2) is 0 Å². The van der Waals surface area contributed by atoms with Gasteiger partial charge in [-0.2, -0.15) is 0 Å². The summed E-state index contributed by atoms with van der Waals surface area (Å²) in [5, 5.41) is 0. The summed E-state index contributed by atoms with van der Waals surface area (Å²) in [6.45, 7) is 2.30. The molecule has 0 aliphatic heterocycles. The molecule has 0 aromatic rings. The molecule has 0 aromatic carbocycles. The van der Waals surface area contributed by atoms with E-state index in [4.69, 9.17) is 4.74 Å². The van der Waals surface area contributed by atoms with Crippen molar-refractivity contribution in [1.29, 1.82) is 0 Å². The van der Waals surface area contributed by atoms with Gasteiger partial charge < -0.3 is 4.74 Å². The molecule has 0 bridgehead atoms. The Bertz CT molecular complexity index is 421. The first-order chi connectivity index (χ1) is 11.3. The van der Waals surface area contributed by atoms with Gasteiger partial charge in [-0.05, 0) is 81.3 Å². The number of hydrogen-bond donors (Lipinski definition) is 0. The van der Waals surface area contributed by atoms with Gasteiger partial charge in [0, 0.05) is 7.11 Å². The molecule has 0 saturated heterocycles. The molecule has 128 valence electrons. The first-order valence-electron chi connectivity index (χ1n) is 9.69. The average molecular weight is 315 g/mol. The van der Waals surface area contributed by atoms with Crippen molar-refractivity contribution >= 4 is 0 Å². The largest absolute Gasteiger partial charge is 0.381 e. The van der Waals surface area contributed by atoms with Crippen LogP contribution in [0.4, 0.5) is 0 Å². The Labute approximate surface area is 143 Å². The Morgan fingerprint density at radius 3 is 1.83 bits per heavy atom. The lowest BCUT2D eigenvalue weighted by atomic mass is 9.80. The molecule has 2 aliphatic carbocycles. The van der Waals surface area contributed by atoms with Gasteiger partial charge in [0.2, 0.25) is 0 Å². The molecular weight excluding hydrogens is 280 g/mol. The van der Waals surface area contributed by atoms with Crippen LogP contribution in [-0.2, 0) is 4.74 Å². The predicted octanol–water partition coefficient (Wildman–Crippen LogP) is 5.91. The second kappa shape index (κ2) is 10.7. The van der Waals surface area contributed by atoms with E-state index in [0.29, 0.717) is 12.0 Å². The summed E-state index contributed by atoms with van der Waals surface area (Å²) < 4.78 is 5.41. The molecule has 0 amide bonds. The fraction of sp³-hybridized carbons (Fsp3) is 0.727. The van der Waals surface area contributed by atoms with Gasteiger partial charge in [0.25, 0.3) is 0 Å². The Kier molecular flexibility index (Phi) is 8.54. The molecule has 23 heavy (non-hydrogen) atoms. The highest BCUT2D eigenvalue weighted by Gasteiger charge is 2.19. The van der Waals surface area contributed by atoms with Gasteiger partial charge in [0.1, 0.15) is 0 Å². The summed E-state index contributed by atoms with van der Waals surface area (Å²) in [6.07, 6.45) is 22.5. The molecule has 0 atom stereocenters. The number of allylic oxidation sites excluding steroid dienone is 4. The minimum Gasteiger partial charge on any atom is -0.381 e. The van der Waals surface area contributed by atoms with E-state index in [1.807, 2.05) is 7.11 Å². The van der Waals surface area contributed by atoms with Crippen LogP contribution in [0.5, 0.6) is 0 Å². The van der Waals surface area contributed by atoms with Crippen LogP contribution >= 0.6 is 0 Å². The van der Waals surface area contributed by atoms with Crippen molar-refractivity contribution in [2.24, 2.45) is 17.8 Å². The van der Waals surface area contributed by atoms with Crippen molar-refractivity contribution < 1.29 is 4.74 Å². The lowest BCUT2D eigenvalue weighted by molar-refractivity contribution is 0.0627. The van der Waals surface area contributed by atoms with Crippen molar-refractivity contribution in [2.45, 2.75) is 77.2 Å². The van der Waals surface area contributed by atoms with E-state index in [-0.39, 0.29) is 0 Å². The van der Waals surface area contributed by atoms with Crippen molar-refractivity contribution in [3.63, 3.8) is 0 Å². The molecule has 0 aromatic heterocycles. The molecular formula is C22H34O. The quantitative estimate of drug-likeness (QED) is 0.573. The molecule has 0 radical (unpaired) electrons. The Morgan fingerprint density at radius 1 is 0.826 bits per heavy atom. The maximum atomic E-state index is 5.41. The third kappa shape index (κ3) is 6.96. The summed E-state index contributed by atoms with van der Waals surface area (Å²) in [5.41, 5.74) is 0. The molecule has 0 N–H and O–H groups in total. The fourth-order valence-electron chi connectivity index (χ4n) is 4.06. The summed E-state index contributed by atoms with van der Waals surface area (Å²) in [7, 11) is 1.83. The Balaban J connectivity index is 1.63. The van der Waals surface area contributed by atoms with Crippen LogP contribution in [0.25, 0.3) is 0 Å². The molecule has 2 aliphatic rings. The minimum atomic E-state index is 0.487. The SMILES string of the molecule is CCCC1CCC(/C=C/C#C/C=C/C2CCC(OC)CC2)CC1. The summed E-state index contributed by atoms with van der Waals surface area (Å²) in [4.78, 5) is 0. The van der Waals surface area contributed by atoms with Crippen molar-refractivity contribution in [3.05, 3.63) is 24.3 Å². The first-order valence-corrected chi connectivity index (χ1v) is 9.69. The van der Waals surface area contributed by atoms with Gasteiger partial charge in [0.15, 0.2) is 0 Å². The molecule has 0 spiro atoms. The van der Waals surface area contributed by atoms with Crippen LogP contribution in [0.15, 0.2) is 24.3 Å². The third-order valence-corrected chi connectivity index (χ3v) is 5.63. The van der Waals surface area contributed by atoms with E-state index in [0.717, 1.165) is 11.8 Å². The van der Waals surface area contributed by atoms with Gasteiger partial charge in [0.05, 0.1) is 6.10 Å². The van der Waals surface area contributed by atoms with Crippen LogP contribution in [0.1, 0.15) is 71.1 Å². The fourth-order valence-corrected chi connectivity index (χ4v) is 4.06. The van der Waals surface area contributed by atoms with Crippen molar-refractivity contribution in [3.8, 4) is 11.8 Å². The zero-order chi connectivity index (χ0) is 16.3. The highest BCUT2D eigenvalue weighted by atomic mass is 16.5. The zero-order valence-corrected chi connectivity index (χ0v) is 15.1. The topological polar surface area (TPSA) is 9.23 Å². The summed E-state index contributed by atoms with van der Waals surface area (Å²) >= 11 is 0. The van der Waals surface area contributed by atoms with Crippen molar-refractivity contribution in [2.75, 3.05) is 7.11 Å². The average Bonchev–Trinajstić information content (AvgIpc) is 2.60. The normalized spacial score (nSPS) is 32.1. The van der Waals surface area contributed by atoms with E-state index in [2.05, 4.69) is 43.1 Å². The van der Waals surface area contributed by atoms with E-state index >= 15 is 0 Å². The van der Waals surface area contributed by atoms with Crippen LogP contribution in [0, 0.1) is 29.6 Å². The lowest BCUT2D eigenvalue weighted by Crippen LogP contribution is -2.19. The van der Waals surface area contributed by atoms with E-state index in [9.17, 15) is 0 Å². The molecule has 1 heteroatoms. The van der Waals surface area contributed by atoms with Gasteiger partial charge in [-0.3, -0.25) is 0 Å². The standard InChI is InChI=1S/C22H34O/c1-3-8-19-11-13-20(14-12-19)9-6-4-5-7-10-21-15-17-22(23-2)18-16-21/h6-7,9-10,19-22H,3,8,11-18H2,1-2H3/b9-6+,10-7+. The maximum Gasteiger partial charge on any atom is 0.0571 e. The predicted molar refractivity (Wildman–Crippen MR) is 99.2 cm³/mol. The minimum absolute atomic E-state index is 0.487. The van der Waals surface area contributed by atoms with Crippen LogP contribution in [0.2, 0.25) is 0 Å². The molecule has 2 fully saturated rings. The third-order valence-electron chi connectivity index (χ3n) is 5.63. The van der Waals surface area contributed by atoms with E-state index in [1.165, 1.54) is 64.2 Å². The Morgan fingerprint density at radius 2 is 1.35 bits per heavy atom.